The van der Waals surface area contributed by atoms with Crippen LogP contribution in [0, 0.1) is 0 Å². The molecule has 1 aromatic carbocycles. The smallest absolute Gasteiger partial charge is 0.220 e. The second-order valence-electron chi connectivity index (χ2n) is 6.35. The average Bonchev–Trinajstić information content (AvgIpc) is 3.42. The molecule has 1 saturated carbocycles. The van der Waals surface area contributed by atoms with Crippen LogP contribution in [-0.4, -0.2) is 50.1 Å². The highest BCUT2D eigenvalue weighted by Crippen LogP contribution is 2.19. The molecular weight excluding hydrogens is 443 g/mol. The average molecular weight is 474 g/mol. The van der Waals surface area contributed by atoms with E-state index < -0.39 is 0 Å². The number of nitrogens with one attached hydrogen (secondary N) is 2. The summed E-state index contributed by atoms with van der Waals surface area (Å²) in [5.74, 6) is 1.86. The van der Waals surface area contributed by atoms with E-state index in [0.717, 1.165) is 43.1 Å². The van der Waals surface area contributed by atoms with Gasteiger partial charge in [0.1, 0.15) is 5.75 Å². The van der Waals surface area contributed by atoms with E-state index in [0.29, 0.717) is 25.6 Å². The number of para-hydroxylation sites is 1. The second-order valence-corrected chi connectivity index (χ2v) is 6.35. The largest absolute Gasteiger partial charge is 0.496 e. The molecule has 1 aromatic rings. The highest BCUT2D eigenvalue weighted by molar-refractivity contribution is 14.0. The fraction of sp³-hybridized carbons (Fsp3) is 0.579. The molecule has 2 N–H and O–H groups in total. The lowest BCUT2D eigenvalue weighted by molar-refractivity contribution is -0.121. The van der Waals surface area contributed by atoms with Gasteiger partial charge in [-0.1, -0.05) is 18.2 Å². The first-order valence-electron chi connectivity index (χ1n) is 9.04. The van der Waals surface area contributed by atoms with Crippen LogP contribution in [0.1, 0.15) is 38.2 Å². The predicted octanol–water partition coefficient (Wildman–Crippen LogP) is 2.77. The Morgan fingerprint density at radius 2 is 2.08 bits per heavy atom. The predicted molar refractivity (Wildman–Crippen MR) is 116 cm³/mol. The second kappa shape index (κ2) is 12.0. The summed E-state index contributed by atoms with van der Waals surface area (Å²) in [6.07, 6.45) is 3.55. The van der Waals surface area contributed by atoms with E-state index in [2.05, 4.69) is 33.5 Å². The fourth-order valence-corrected chi connectivity index (χ4v) is 2.59. The molecule has 0 heterocycles. The molecule has 0 aromatic heterocycles. The molecule has 2 rings (SSSR count). The number of halogens is 1. The number of nitrogens with zero attached hydrogens (tertiary/aromatic N) is 2. The van der Waals surface area contributed by atoms with Crippen LogP contribution < -0.4 is 15.4 Å². The number of ether oxygens (including phenoxy) is 1. The summed E-state index contributed by atoms with van der Waals surface area (Å²) in [4.78, 5) is 18.4. The number of guanidine groups is 1. The Morgan fingerprint density at radius 1 is 1.35 bits per heavy atom. The van der Waals surface area contributed by atoms with Crippen LogP contribution in [0.2, 0.25) is 0 Å². The van der Waals surface area contributed by atoms with Gasteiger partial charge < -0.3 is 20.3 Å². The minimum atomic E-state index is 0. The maximum Gasteiger partial charge on any atom is 0.220 e. The molecule has 1 fully saturated rings. The number of hydrogen-bond acceptors (Lipinski definition) is 3. The minimum Gasteiger partial charge on any atom is -0.496 e. The number of hydrogen-bond donors (Lipinski definition) is 2. The van der Waals surface area contributed by atoms with Gasteiger partial charge in [0.2, 0.25) is 5.91 Å². The lowest BCUT2D eigenvalue weighted by Gasteiger charge is -2.23. The Balaban J connectivity index is 0.00000338. The Morgan fingerprint density at radius 3 is 2.73 bits per heavy atom. The number of benzene rings is 1. The van der Waals surface area contributed by atoms with E-state index in [-0.39, 0.29) is 29.9 Å². The molecule has 26 heavy (non-hydrogen) atoms. The molecule has 0 atom stereocenters. The monoisotopic (exact) mass is 474 g/mol. The maximum absolute atomic E-state index is 11.7. The van der Waals surface area contributed by atoms with E-state index >= 15 is 0 Å². The SMILES string of the molecule is CCNC(=NCCCC(=O)NC1CC1)N(C)Cc1ccccc1OC.I. The Labute approximate surface area is 173 Å². The van der Waals surface area contributed by atoms with Crippen molar-refractivity contribution in [1.82, 2.24) is 15.5 Å². The standard InChI is InChI=1S/C19H30N4O2.HI/c1-4-20-19(21-13-7-10-18(24)22-16-11-12-16)23(2)14-15-8-5-6-9-17(15)25-3;/h5-6,8-9,16H,4,7,10-14H2,1-3H3,(H,20,21)(H,22,24);1H. The molecule has 1 aliphatic rings. The Hall–Kier alpha value is -1.51. The molecule has 0 aliphatic heterocycles. The van der Waals surface area contributed by atoms with Gasteiger partial charge in [0.05, 0.1) is 7.11 Å². The van der Waals surface area contributed by atoms with Gasteiger partial charge in [0.25, 0.3) is 0 Å². The number of rotatable bonds is 9. The first-order valence-corrected chi connectivity index (χ1v) is 9.04. The molecule has 0 bridgehead atoms. The summed E-state index contributed by atoms with van der Waals surface area (Å²) < 4.78 is 5.42. The van der Waals surface area contributed by atoms with Crippen molar-refractivity contribution in [1.29, 1.82) is 0 Å². The number of methoxy groups -OCH3 is 1. The van der Waals surface area contributed by atoms with E-state index in [9.17, 15) is 4.79 Å². The lowest BCUT2D eigenvalue weighted by atomic mass is 10.2. The minimum absolute atomic E-state index is 0. The van der Waals surface area contributed by atoms with Crippen molar-refractivity contribution in [3.8, 4) is 5.75 Å². The summed E-state index contributed by atoms with van der Waals surface area (Å²) >= 11 is 0. The third-order valence-corrected chi connectivity index (χ3v) is 4.06. The van der Waals surface area contributed by atoms with Gasteiger partial charge in [-0.05, 0) is 32.3 Å². The van der Waals surface area contributed by atoms with Crippen molar-refractivity contribution in [3.05, 3.63) is 29.8 Å². The first kappa shape index (κ1) is 22.5. The van der Waals surface area contributed by atoms with Crippen molar-refractivity contribution in [2.45, 2.75) is 45.2 Å². The summed E-state index contributed by atoms with van der Waals surface area (Å²) in [6.45, 7) is 4.20. The summed E-state index contributed by atoms with van der Waals surface area (Å²) in [6, 6.07) is 8.43. The van der Waals surface area contributed by atoms with Crippen molar-refractivity contribution < 1.29 is 9.53 Å². The van der Waals surface area contributed by atoms with Gasteiger partial charge in [-0.2, -0.15) is 0 Å². The van der Waals surface area contributed by atoms with Crippen molar-refractivity contribution >= 4 is 35.8 Å². The van der Waals surface area contributed by atoms with Crippen LogP contribution in [0.15, 0.2) is 29.3 Å². The highest BCUT2D eigenvalue weighted by Gasteiger charge is 2.22. The topological polar surface area (TPSA) is 66.0 Å². The molecular formula is C19H31IN4O2. The van der Waals surface area contributed by atoms with Crippen LogP contribution in [0.4, 0.5) is 0 Å². The number of carbonyl (C=O) groups is 1. The van der Waals surface area contributed by atoms with Crippen LogP contribution in [0.3, 0.4) is 0 Å². The van der Waals surface area contributed by atoms with E-state index in [1.54, 1.807) is 7.11 Å². The molecule has 0 spiro atoms. The molecule has 1 amide bonds. The van der Waals surface area contributed by atoms with Gasteiger partial charge in [0, 0.05) is 44.7 Å². The third kappa shape index (κ3) is 7.80. The first-order chi connectivity index (χ1) is 12.1. The molecule has 1 aliphatic carbocycles. The van der Waals surface area contributed by atoms with Crippen LogP contribution in [-0.2, 0) is 11.3 Å². The zero-order valence-electron chi connectivity index (χ0n) is 16.0. The summed E-state index contributed by atoms with van der Waals surface area (Å²) in [7, 11) is 3.69. The van der Waals surface area contributed by atoms with Crippen LogP contribution in [0.5, 0.6) is 5.75 Å². The number of aliphatic imine (C=N–C) groups is 1. The number of amides is 1. The van der Waals surface area contributed by atoms with Crippen molar-refractivity contribution in [3.63, 3.8) is 0 Å². The molecule has 146 valence electrons. The Kier molecular flexibility index (Phi) is 10.4. The summed E-state index contributed by atoms with van der Waals surface area (Å²) in [5.41, 5.74) is 1.11. The van der Waals surface area contributed by atoms with Crippen LogP contribution >= 0.6 is 24.0 Å². The molecule has 7 heteroatoms. The molecule has 0 radical (unpaired) electrons. The van der Waals surface area contributed by atoms with Gasteiger partial charge >= 0.3 is 0 Å². The zero-order valence-corrected chi connectivity index (χ0v) is 18.3. The zero-order chi connectivity index (χ0) is 18.1. The van der Waals surface area contributed by atoms with E-state index in [1.807, 2.05) is 25.2 Å². The lowest BCUT2D eigenvalue weighted by Crippen LogP contribution is -2.38. The van der Waals surface area contributed by atoms with E-state index in [4.69, 9.17) is 4.74 Å². The van der Waals surface area contributed by atoms with Gasteiger partial charge in [-0.25, -0.2) is 0 Å². The van der Waals surface area contributed by atoms with Gasteiger partial charge in [0.15, 0.2) is 5.96 Å². The Bertz CT molecular complexity index is 591. The van der Waals surface area contributed by atoms with Crippen LogP contribution in [0.25, 0.3) is 0 Å². The number of carbonyl (C=O) groups excluding carboxylic acids is 1. The summed E-state index contributed by atoms with van der Waals surface area (Å²) in [5, 5.41) is 6.31. The highest BCUT2D eigenvalue weighted by atomic mass is 127. The van der Waals surface area contributed by atoms with Crippen molar-refractivity contribution in [2.75, 3.05) is 27.2 Å². The molecule has 0 saturated heterocycles. The molecule has 0 unspecified atom stereocenters. The fourth-order valence-electron chi connectivity index (χ4n) is 2.59. The maximum atomic E-state index is 11.7. The van der Waals surface area contributed by atoms with E-state index in [1.165, 1.54) is 0 Å². The third-order valence-electron chi connectivity index (χ3n) is 4.06. The normalized spacial score (nSPS) is 13.6. The van der Waals surface area contributed by atoms with Crippen molar-refractivity contribution in [2.24, 2.45) is 4.99 Å². The van der Waals surface area contributed by atoms with Gasteiger partial charge in [-0.3, -0.25) is 9.79 Å². The van der Waals surface area contributed by atoms with Gasteiger partial charge in [-0.15, -0.1) is 24.0 Å². The molecule has 6 nitrogen and oxygen atoms in total. The quantitative estimate of drug-likeness (QED) is 0.250.